The molecule has 0 fully saturated rings. The molecule has 26 heteroatoms. The number of fused-ring (bicyclic) bond motifs is 4. The lowest BCUT2D eigenvalue weighted by atomic mass is 9.71. The van der Waals surface area contributed by atoms with Crippen molar-refractivity contribution in [3.63, 3.8) is 0 Å². The number of carbonyl (C=O) groups is 8. The molecule has 0 aliphatic carbocycles. The van der Waals surface area contributed by atoms with Gasteiger partial charge in [0.1, 0.15) is 0 Å². The second-order valence-corrected chi connectivity index (χ2v) is 20.8. The van der Waals surface area contributed by atoms with Crippen LogP contribution >= 0.6 is 0 Å². The molecule has 0 spiro atoms. The van der Waals surface area contributed by atoms with E-state index in [-0.39, 0.29) is 28.9 Å². The van der Waals surface area contributed by atoms with Gasteiger partial charge in [0.2, 0.25) is 10.8 Å². The molecule has 0 saturated heterocycles. The van der Waals surface area contributed by atoms with Crippen LogP contribution in [0.3, 0.4) is 0 Å². The quantitative estimate of drug-likeness (QED) is 0.0542. The molecule has 4 aliphatic rings. The van der Waals surface area contributed by atoms with Crippen LogP contribution in [0, 0.1) is 62.3 Å². The standard InChI is InChI=1S/C31H24F6N2O4.C19H6F6O6.C10H16N2/c1-13-14(2)16(4)24(17(5)15(13)3)39-27(42)21-10-8-19(12-23(21)28(39)43)29(30(32,33)34,31(35,36)37)18-7-9-20-22(11-18)26(41)38(6)25(20)40;20-18(21,22)17(19(23,24)25,7-1-3-9-11(5-7)15(28)30-13(9)26)8-2-4-10-12(6-8)16(29)31-14(10)27;1-5-6(2)10(12)8(4)7(3)9(5)11/h7-12H,1-6H3;1-6H;11-12H2,1-4H3. The number of hydrogen-bond acceptors (Lipinski definition) is 12. The SMILES string of the molecule is Cc1c(C)c(C)c(N2C(=O)c3ccc(C(c4ccc5c(c4)C(=O)N(C)C5=O)(C(F)(F)F)C(F)(F)F)cc3C2=O)c(C)c1C.Cc1c(C)c(N)c(C)c(C)c1N.O=C1OC(=O)c2cc(C(c3ccc4c(c3)C(=O)OC4=O)(C(F)(F)F)C(F)(F)F)ccc21. The Morgan fingerprint density at radius 1 is 0.326 bits per heavy atom. The first-order chi connectivity index (χ1) is 39.5. The van der Waals surface area contributed by atoms with E-state index in [9.17, 15) is 91.0 Å². The first-order valence-electron chi connectivity index (χ1n) is 25.3. The highest BCUT2D eigenvalue weighted by Gasteiger charge is 2.74. The normalized spacial score (nSPS) is 15.0. The predicted molar refractivity (Wildman–Crippen MR) is 283 cm³/mol. The molecule has 0 unspecified atom stereocenters. The minimum atomic E-state index is -6.03. The monoisotopic (exact) mass is 1210 g/mol. The summed E-state index contributed by atoms with van der Waals surface area (Å²) in [4.78, 5) is 99.8. The van der Waals surface area contributed by atoms with Gasteiger partial charge in [0.25, 0.3) is 23.6 Å². The number of anilines is 3. The highest BCUT2D eigenvalue weighted by Crippen LogP contribution is 2.59. The van der Waals surface area contributed by atoms with Crippen LogP contribution < -0.4 is 16.4 Å². The summed E-state index contributed by atoms with van der Waals surface area (Å²) >= 11 is 0. The van der Waals surface area contributed by atoms with Crippen LogP contribution in [0.4, 0.5) is 69.7 Å². The fourth-order valence-corrected chi connectivity index (χ4v) is 11.1. The van der Waals surface area contributed by atoms with E-state index in [2.05, 4.69) is 9.47 Å². The molecule has 450 valence electrons. The largest absolute Gasteiger partial charge is 0.411 e. The molecule has 0 bridgehead atoms. The van der Waals surface area contributed by atoms with Gasteiger partial charge in [-0.1, -0.05) is 24.3 Å². The van der Waals surface area contributed by atoms with Gasteiger partial charge in [-0.3, -0.25) is 24.1 Å². The van der Waals surface area contributed by atoms with Crippen molar-refractivity contribution in [1.29, 1.82) is 0 Å². The summed E-state index contributed by atoms with van der Waals surface area (Å²) in [5.74, 6) is -9.10. The van der Waals surface area contributed by atoms with Gasteiger partial charge in [-0.25, -0.2) is 24.1 Å². The Labute approximate surface area is 479 Å². The van der Waals surface area contributed by atoms with Crippen molar-refractivity contribution >= 4 is 64.6 Å². The van der Waals surface area contributed by atoms with E-state index in [0.717, 1.165) is 74.4 Å². The molecule has 14 nitrogen and oxygen atoms in total. The van der Waals surface area contributed by atoms with E-state index in [4.69, 9.17) is 11.5 Å². The van der Waals surface area contributed by atoms with Crippen LogP contribution in [0.2, 0.25) is 0 Å². The summed E-state index contributed by atoms with van der Waals surface area (Å²) in [6.45, 7) is 16.8. The third-order valence-electron chi connectivity index (χ3n) is 16.6. The predicted octanol–water partition coefficient (Wildman–Crippen LogP) is 12.5. The van der Waals surface area contributed by atoms with E-state index >= 15 is 0 Å². The summed E-state index contributed by atoms with van der Waals surface area (Å²) in [5.41, 5.74) is 2.32. The smallest absolute Gasteiger partial charge is 0.398 e. The van der Waals surface area contributed by atoms with Crippen LogP contribution in [0.5, 0.6) is 0 Å². The minimum Gasteiger partial charge on any atom is -0.398 e. The molecule has 4 amide bonds. The summed E-state index contributed by atoms with van der Waals surface area (Å²) in [5, 5.41) is 0. The van der Waals surface area contributed by atoms with Crippen molar-refractivity contribution in [2.45, 2.75) is 97.8 Å². The fourth-order valence-electron chi connectivity index (χ4n) is 11.1. The lowest BCUT2D eigenvalue weighted by Crippen LogP contribution is -2.55. The third kappa shape index (κ3) is 9.12. The average Bonchev–Trinajstić information content (AvgIpc) is 1.55. The van der Waals surface area contributed by atoms with Gasteiger partial charge < -0.3 is 20.9 Å². The molecular weight excluding hydrogens is 1160 g/mol. The highest BCUT2D eigenvalue weighted by atomic mass is 19.4. The van der Waals surface area contributed by atoms with Crippen molar-refractivity contribution in [3.8, 4) is 0 Å². The van der Waals surface area contributed by atoms with Crippen molar-refractivity contribution in [2.75, 3.05) is 23.4 Å². The summed E-state index contributed by atoms with van der Waals surface area (Å²) in [6.07, 6.45) is -24.1. The number of benzene rings is 6. The molecule has 0 radical (unpaired) electrons. The zero-order valence-corrected chi connectivity index (χ0v) is 46.6. The molecule has 6 aromatic carbocycles. The number of nitrogen functional groups attached to an aromatic ring is 2. The molecular formula is C60H46F12N4O10. The Kier molecular flexibility index (Phi) is 15.1. The maximum absolute atomic E-state index is 14.9. The van der Waals surface area contributed by atoms with Gasteiger partial charge in [-0.05, 0) is 183 Å². The Balaban J connectivity index is 0.000000194. The lowest BCUT2D eigenvalue weighted by molar-refractivity contribution is -0.290. The van der Waals surface area contributed by atoms with Crippen LogP contribution in [0.1, 0.15) is 155 Å². The second kappa shape index (κ2) is 20.7. The molecule has 0 aromatic heterocycles. The van der Waals surface area contributed by atoms with Crippen molar-refractivity contribution < 1.29 is 101 Å². The fraction of sp³-hybridized carbons (Fsp3) is 0.267. The molecule has 0 atom stereocenters. The van der Waals surface area contributed by atoms with Crippen molar-refractivity contribution in [2.24, 2.45) is 0 Å². The third-order valence-corrected chi connectivity index (χ3v) is 16.6. The number of rotatable bonds is 5. The number of carbonyl (C=O) groups excluding carboxylic acids is 8. The Morgan fingerprint density at radius 2 is 0.570 bits per heavy atom. The zero-order valence-electron chi connectivity index (χ0n) is 46.6. The number of ether oxygens (including phenoxy) is 2. The van der Waals surface area contributed by atoms with Crippen molar-refractivity contribution in [3.05, 3.63) is 190 Å². The van der Waals surface area contributed by atoms with Gasteiger partial charge >= 0.3 is 48.6 Å². The molecule has 0 saturated carbocycles. The maximum atomic E-state index is 14.9. The van der Waals surface area contributed by atoms with Gasteiger partial charge in [0, 0.05) is 18.4 Å². The summed E-state index contributed by atoms with van der Waals surface area (Å²) in [6, 6.07) is 6.01. The Hall–Kier alpha value is -9.36. The first-order valence-corrected chi connectivity index (χ1v) is 25.3. The molecule has 6 aromatic rings. The maximum Gasteiger partial charge on any atom is 0.411 e. The lowest BCUT2D eigenvalue weighted by Gasteiger charge is -2.38. The number of alkyl halides is 12. The van der Waals surface area contributed by atoms with Gasteiger partial charge in [0.05, 0.1) is 50.2 Å². The summed E-state index contributed by atoms with van der Waals surface area (Å²) in [7, 11) is 1.06. The van der Waals surface area contributed by atoms with E-state index in [0.29, 0.717) is 64.6 Å². The van der Waals surface area contributed by atoms with Crippen LogP contribution in [0.25, 0.3) is 0 Å². The molecule has 4 N–H and O–H groups in total. The van der Waals surface area contributed by atoms with Gasteiger partial charge in [-0.2, -0.15) is 52.7 Å². The number of nitrogens with zero attached hydrogens (tertiary/aromatic N) is 2. The van der Waals surface area contributed by atoms with E-state index in [1.807, 2.05) is 34.6 Å². The molecule has 86 heavy (non-hydrogen) atoms. The molecule has 4 aliphatic heterocycles. The number of halogens is 12. The number of amides is 4. The first kappa shape index (κ1) is 62.7. The van der Waals surface area contributed by atoms with Gasteiger partial charge in [0.15, 0.2) is 0 Å². The zero-order chi connectivity index (χ0) is 64.5. The number of hydrogen-bond donors (Lipinski definition) is 2. The topological polar surface area (TPSA) is 214 Å². The van der Waals surface area contributed by atoms with E-state index < -0.39 is 139 Å². The van der Waals surface area contributed by atoms with E-state index in [1.54, 1.807) is 27.7 Å². The number of nitrogens with two attached hydrogens (primary N) is 2. The number of cyclic esters (lactones) is 4. The highest BCUT2D eigenvalue weighted by molar-refractivity contribution is 6.35. The van der Waals surface area contributed by atoms with Crippen molar-refractivity contribution in [1.82, 2.24) is 4.90 Å². The number of imide groups is 2. The number of esters is 4. The molecule has 4 heterocycles. The average molecular weight is 1210 g/mol. The van der Waals surface area contributed by atoms with Crippen LogP contribution in [-0.4, -0.2) is 84.2 Å². The Bertz CT molecular complexity index is 3820. The second-order valence-electron chi connectivity index (χ2n) is 20.8. The minimum absolute atomic E-state index is 0.220. The summed E-state index contributed by atoms with van der Waals surface area (Å²) < 4.78 is 183. The van der Waals surface area contributed by atoms with Gasteiger partial charge in [-0.15, -0.1) is 0 Å². The molecule has 10 rings (SSSR count). The van der Waals surface area contributed by atoms with Crippen LogP contribution in [0.15, 0.2) is 72.8 Å². The van der Waals surface area contributed by atoms with E-state index in [1.165, 1.54) is 0 Å². The Morgan fingerprint density at radius 3 is 0.895 bits per heavy atom. The van der Waals surface area contributed by atoms with Crippen LogP contribution in [-0.2, 0) is 20.3 Å².